The highest BCUT2D eigenvalue weighted by atomic mass is 127. The number of amides is 2. The van der Waals surface area contributed by atoms with Crippen molar-refractivity contribution in [1.82, 2.24) is 10.2 Å². The summed E-state index contributed by atoms with van der Waals surface area (Å²) in [6.45, 7) is 7.80. The summed E-state index contributed by atoms with van der Waals surface area (Å²) < 4.78 is 6.77. The maximum atomic E-state index is 13.1. The van der Waals surface area contributed by atoms with Gasteiger partial charge < -0.3 is 15.0 Å². The van der Waals surface area contributed by atoms with Gasteiger partial charge in [0.1, 0.15) is 11.8 Å². The Morgan fingerprint density at radius 3 is 2.23 bits per heavy atom. The fraction of sp³-hybridized carbons (Fsp3) is 0.391. The second kappa shape index (κ2) is 11.0. The molecule has 2 rings (SSSR count). The molecule has 0 aliphatic rings. The lowest BCUT2D eigenvalue weighted by molar-refractivity contribution is -0.143. The van der Waals surface area contributed by atoms with E-state index in [4.69, 9.17) is 16.3 Å². The molecule has 7 heteroatoms. The van der Waals surface area contributed by atoms with E-state index in [2.05, 4.69) is 27.9 Å². The molecule has 162 valence electrons. The van der Waals surface area contributed by atoms with Crippen LogP contribution in [0.1, 0.15) is 39.7 Å². The quantitative estimate of drug-likeness (QED) is 0.475. The molecule has 0 fully saturated rings. The number of carbonyl (C=O) groups excluding carboxylic acids is 2. The molecule has 5 nitrogen and oxygen atoms in total. The Labute approximate surface area is 197 Å². The van der Waals surface area contributed by atoms with Crippen LogP contribution in [0.25, 0.3) is 0 Å². The first-order chi connectivity index (χ1) is 14.1. The largest absolute Gasteiger partial charge is 0.484 e. The molecule has 0 spiro atoms. The third kappa shape index (κ3) is 7.80. The third-order valence-corrected chi connectivity index (χ3v) is 5.30. The molecule has 2 amide bonds. The van der Waals surface area contributed by atoms with Gasteiger partial charge in [-0.05, 0) is 91.7 Å². The van der Waals surface area contributed by atoms with Crippen molar-refractivity contribution in [2.75, 3.05) is 6.61 Å². The van der Waals surface area contributed by atoms with Crippen molar-refractivity contribution in [3.63, 3.8) is 0 Å². The van der Waals surface area contributed by atoms with Crippen molar-refractivity contribution < 1.29 is 14.3 Å². The van der Waals surface area contributed by atoms with E-state index in [0.29, 0.717) is 23.7 Å². The average molecular weight is 543 g/mol. The lowest BCUT2D eigenvalue weighted by Crippen LogP contribution is -2.54. The van der Waals surface area contributed by atoms with Crippen molar-refractivity contribution in [2.45, 2.75) is 52.2 Å². The van der Waals surface area contributed by atoms with Gasteiger partial charge >= 0.3 is 0 Å². The standard InChI is InChI=1S/C23H28ClIN2O3/c1-5-20(22(29)26-23(2,3)4)27(14-16-6-8-17(24)9-7-16)21(28)15-30-19-12-10-18(25)11-13-19/h6-13,20H,5,14-15H2,1-4H3,(H,26,29)/t20-/m1/s1. The van der Waals surface area contributed by atoms with E-state index in [0.717, 1.165) is 9.13 Å². The molecular formula is C23H28ClIN2O3. The zero-order chi connectivity index (χ0) is 22.3. The summed E-state index contributed by atoms with van der Waals surface area (Å²) in [6.07, 6.45) is 0.491. The van der Waals surface area contributed by atoms with Crippen LogP contribution in [-0.4, -0.2) is 34.9 Å². The van der Waals surface area contributed by atoms with Crippen LogP contribution in [0.15, 0.2) is 48.5 Å². The molecule has 0 unspecified atom stereocenters. The number of nitrogens with zero attached hydrogens (tertiary/aromatic N) is 1. The Morgan fingerprint density at radius 2 is 1.70 bits per heavy atom. The fourth-order valence-electron chi connectivity index (χ4n) is 2.92. The molecule has 0 bridgehead atoms. The summed E-state index contributed by atoms with van der Waals surface area (Å²) in [4.78, 5) is 27.6. The molecule has 0 saturated heterocycles. The van der Waals surface area contributed by atoms with Crippen LogP contribution in [0.4, 0.5) is 0 Å². The predicted molar refractivity (Wildman–Crippen MR) is 129 cm³/mol. The van der Waals surface area contributed by atoms with Crippen molar-refractivity contribution in [1.29, 1.82) is 0 Å². The smallest absolute Gasteiger partial charge is 0.261 e. The minimum atomic E-state index is -0.604. The predicted octanol–water partition coefficient (Wildman–Crippen LogP) is 5.05. The molecule has 0 saturated carbocycles. The van der Waals surface area contributed by atoms with Gasteiger partial charge in [-0.15, -0.1) is 0 Å². The summed E-state index contributed by atoms with van der Waals surface area (Å²) in [6, 6.07) is 14.1. The lowest BCUT2D eigenvalue weighted by Gasteiger charge is -2.33. The Balaban J connectivity index is 2.21. The van der Waals surface area contributed by atoms with Crippen molar-refractivity contribution >= 4 is 46.0 Å². The second-order valence-electron chi connectivity index (χ2n) is 8.05. The minimum Gasteiger partial charge on any atom is -0.484 e. The third-order valence-electron chi connectivity index (χ3n) is 4.33. The van der Waals surface area contributed by atoms with E-state index in [1.807, 2.05) is 64.1 Å². The molecule has 0 aliphatic carbocycles. The number of carbonyl (C=O) groups is 2. The van der Waals surface area contributed by atoms with Crippen LogP contribution in [0.2, 0.25) is 5.02 Å². The van der Waals surface area contributed by atoms with E-state index in [1.54, 1.807) is 17.0 Å². The minimum absolute atomic E-state index is 0.145. The van der Waals surface area contributed by atoms with Gasteiger partial charge in [0.15, 0.2) is 6.61 Å². The summed E-state index contributed by atoms with van der Waals surface area (Å²) in [5.41, 5.74) is 0.501. The highest BCUT2D eigenvalue weighted by Gasteiger charge is 2.30. The number of hydrogen-bond acceptors (Lipinski definition) is 3. The summed E-state index contributed by atoms with van der Waals surface area (Å²) in [7, 11) is 0. The molecule has 1 N–H and O–H groups in total. The fourth-order valence-corrected chi connectivity index (χ4v) is 3.40. The van der Waals surface area contributed by atoms with Crippen molar-refractivity contribution in [3.8, 4) is 5.75 Å². The summed E-state index contributed by atoms with van der Waals surface area (Å²) in [5.74, 6) is 0.184. The molecule has 1 atom stereocenters. The number of nitrogens with one attached hydrogen (secondary N) is 1. The van der Waals surface area contributed by atoms with Gasteiger partial charge in [-0.3, -0.25) is 9.59 Å². The number of hydrogen-bond donors (Lipinski definition) is 1. The topological polar surface area (TPSA) is 58.6 Å². The van der Waals surface area contributed by atoms with Gasteiger partial charge in [0, 0.05) is 20.7 Å². The van der Waals surface area contributed by atoms with Crippen LogP contribution in [-0.2, 0) is 16.1 Å². The highest BCUT2D eigenvalue weighted by molar-refractivity contribution is 14.1. The molecule has 0 aromatic heterocycles. The van der Waals surface area contributed by atoms with E-state index >= 15 is 0 Å². The van der Waals surface area contributed by atoms with Crippen molar-refractivity contribution in [2.24, 2.45) is 0 Å². The van der Waals surface area contributed by atoms with Crippen LogP contribution in [0, 0.1) is 3.57 Å². The van der Waals surface area contributed by atoms with E-state index in [-0.39, 0.29) is 18.4 Å². The van der Waals surface area contributed by atoms with Gasteiger partial charge in [0.25, 0.3) is 5.91 Å². The molecular weight excluding hydrogens is 515 g/mol. The van der Waals surface area contributed by atoms with Gasteiger partial charge in [-0.2, -0.15) is 0 Å². The normalized spacial score (nSPS) is 12.2. The molecule has 30 heavy (non-hydrogen) atoms. The number of benzene rings is 2. The Hall–Kier alpha value is -1.80. The van der Waals surface area contributed by atoms with Gasteiger partial charge in [0.2, 0.25) is 5.91 Å². The van der Waals surface area contributed by atoms with E-state index in [9.17, 15) is 9.59 Å². The highest BCUT2D eigenvalue weighted by Crippen LogP contribution is 2.18. The van der Waals surface area contributed by atoms with Crippen LogP contribution < -0.4 is 10.1 Å². The molecule has 2 aromatic carbocycles. The Kier molecular flexibility index (Phi) is 8.97. The Morgan fingerprint density at radius 1 is 1.10 bits per heavy atom. The second-order valence-corrected chi connectivity index (χ2v) is 9.74. The van der Waals surface area contributed by atoms with Crippen LogP contribution in [0.5, 0.6) is 5.75 Å². The van der Waals surface area contributed by atoms with E-state index < -0.39 is 11.6 Å². The van der Waals surface area contributed by atoms with Crippen LogP contribution in [0.3, 0.4) is 0 Å². The van der Waals surface area contributed by atoms with Crippen LogP contribution >= 0.6 is 34.2 Å². The first-order valence-electron chi connectivity index (χ1n) is 9.83. The zero-order valence-corrected chi connectivity index (χ0v) is 20.7. The summed E-state index contributed by atoms with van der Waals surface area (Å²) in [5, 5.41) is 3.61. The zero-order valence-electron chi connectivity index (χ0n) is 17.7. The monoisotopic (exact) mass is 542 g/mol. The summed E-state index contributed by atoms with van der Waals surface area (Å²) >= 11 is 8.20. The molecule has 2 aromatic rings. The van der Waals surface area contributed by atoms with Gasteiger partial charge in [-0.25, -0.2) is 0 Å². The lowest BCUT2D eigenvalue weighted by atomic mass is 10.1. The molecule has 0 aliphatic heterocycles. The molecule has 0 heterocycles. The first kappa shape index (κ1) is 24.5. The maximum Gasteiger partial charge on any atom is 0.261 e. The van der Waals surface area contributed by atoms with Gasteiger partial charge in [-0.1, -0.05) is 30.7 Å². The maximum absolute atomic E-state index is 13.1. The SMILES string of the molecule is CC[C@H](C(=O)NC(C)(C)C)N(Cc1ccc(Cl)cc1)C(=O)COc1ccc(I)cc1. The van der Waals surface area contributed by atoms with Crippen molar-refractivity contribution in [3.05, 3.63) is 62.7 Å². The average Bonchev–Trinajstić information content (AvgIpc) is 2.67. The molecule has 0 radical (unpaired) electrons. The van der Waals surface area contributed by atoms with Gasteiger partial charge in [0.05, 0.1) is 0 Å². The van der Waals surface area contributed by atoms with E-state index in [1.165, 1.54) is 0 Å². The number of rotatable bonds is 8. The number of halogens is 2. The first-order valence-corrected chi connectivity index (χ1v) is 11.3. The number of ether oxygens (including phenoxy) is 1. The Bertz CT molecular complexity index is 848.